The van der Waals surface area contributed by atoms with Crippen molar-refractivity contribution < 1.29 is 0 Å². The molecule has 1 aromatic heterocycles. The summed E-state index contributed by atoms with van der Waals surface area (Å²) in [6.45, 7) is 0. The Balaban J connectivity index is 2.94. The Morgan fingerprint density at radius 3 is 2.89 bits per heavy atom. The van der Waals surface area contributed by atoms with E-state index in [0.29, 0.717) is 11.8 Å². The van der Waals surface area contributed by atoms with Crippen LogP contribution in [0.15, 0.2) is 6.20 Å². The van der Waals surface area contributed by atoms with E-state index in [1.807, 2.05) is 0 Å². The first-order valence-corrected chi connectivity index (χ1v) is 2.46. The van der Waals surface area contributed by atoms with Crippen LogP contribution in [0.4, 0.5) is 11.8 Å². The molecule has 0 amide bonds. The molecule has 1 aromatic rings. The number of nitrogen functional groups attached to an aromatic ring is 1. The maximum Gasteiger partial charge on any atom is 0.244 e. The third-order valence-electron chi connectivity index (χ3n) is 0.801. The number of rotatable bonds is 1. The monoisotopic (exact) mass is 125 g/mol. The van der Waals surface area contributed by atoms with E-state index in [9.17, 15) is 0 Å². The zero-order chi connectivity index (χ0) is 6.69. The van der Waals surface area contributed by atoms with Gasteiger partial charge in [-0.15, -0.1) is 5.10 Å². The molecule has 0 aliphatic heterocycles. The summed E-state index contributed by atoms with van der Waals surface area (Å²) >= 11 is 0. The molecule has 0 spiro atoms. The molecule has 5 heteroatoms. The molecule has 0 bridgehead atoms. The number of anilines is 2. The second-order valence-corrected chi connectivity index (χ2v) is 1.45. The number of nitrogens with zero attached hydrogens (tertiary/aromatic N) is 3. The first-order valence-electron chi connectivity index (χ1n) is 2.46. The highest BCUT2D eigenvalue weighted by Gasteiger charge is 1.90. The number of nitrogens with one attached hydrogen (secondary N) is 1. The molecular formula is C4H7N5. The maximum atomic E-state index is 5.28. The average Bonchev–Trinajstić information content (AvgIpc) is 1.88. The standard InChI is InChI=1S/C4H7N5/c1-6-4-8-3(5)2-7-9-4/h2H,1H3,(H3,5,6,8,9). The van der Waals surface area contributed by atoms with E-state index in [2.05, 4.69) is 20.5 Å². The van der Waals surface area contributed by atoms with Crippen LogP contribution in [-0.2, 0) is 0 Å². The van der Waals surface area contributed by atoms with Gasteiger partial charge in [-0.1, -0.05) is 0 Å². The van der Waals surface area contributed by atoms with E-state index >= 15 is 0 Å². The summed E-state index contributed by atoms with van der Waals surface area (Å²) in [6, 6.07) is 0. The van der Waals surface area contributed by atoms with Gasteiger partial charge in [-0.05, 0) is 0 Å². The Labute approximate surface area is 52.3 Å². The molecule has 48 valence electrons. The van der Waals surface area contributed by atoms with Gasteiger partial charge in [0.2, 0.25) is 5.95 Å². The Hall–Kier alpha value is -1.39. The molecule has 0 aliphatic carbocycles. The Bertz CT molecular complexity index is 198. The van der Waals surface area contributed by atoms with Gasteiger partial charge in [-0.2, -0.15) is 10.1 Å². The van der Waals surface area contributed by atoms with E-state index in [0.717, 1.165) is 0 Å². The van der Waals surface area contributed by atoms with Gasteiger partial charge in [0.1, 0.15) is 5.82 Å². The SMILES string of the molecule is CNc1nncc(N)n1. The molecule has 0 saturated heterocycles. The van der Waals surface area contributed by atoms with E-state index in [1.165, 1.54) is 6.20 Å². The van der Waals surface area contributed by atoms with Crippen molar-refractivity contribution in [2.24, 2.45) is 0 Å². The molecular weight excluding hydrogens is 118 g/mol. The molecule has 3 N–H and O–H groups in total. The van der Waals surface area contributed by atoms with Gasteiger partial charge < -0.3 is 11.1 Å². The van der Waals surface area contributed by atoms with Crippen LogP contribution in [0.2, 0.25) is 0 Å². The van der Waals surface area contributed by atoms with Crippen LogP contribution >= 0.6 is 0 Å². The first-order chi connectivity index (χ1) is 4.33. The van der Waals surface area contributed by atoms with Gasteiger partial charge >= 0.3 is 0 Å². The summed E-state index contributed by atoms with van der Waals surface area (Å²) in [5.41, 5.74) is 5.28. The average molecular weight is 125 g/mol. The van der Waals surface area contributed by atoms with Crippen LogP contribution in [0.25, 0.3) is 0 Å². The fourth-order valence-electron chi connectivity index (χ4n) is 0.422. The summed E-state index contributed by atoms with van der Waals surface area (Å²) in [5.74, 6) is 0.810. The van der Waals surface area contributed by atoms with Crippen molar-refractivity contribution in [3.8, 4) is 0 Å². The van der Waals surface area contributed by atoms with Crippen LogP contribution in [0.1, 0.15) is 0 Å². The molecule has 5 nitrogen and oxygen atoms in total. The lowest BCUT2D eigenvalue weighted by Crippen LogP contribution is -2.00. The summed E-state index contributed by atoms with van der Waals surface area (Å²) < 4.78 is 0. The van der Waals surface area contributed by atoms with Crippen molar-refractivity contribution in [2.75, 3.05) is 18.1 Å². The predicted octanol–water partition coefficient (Wildman–Crippen LogP) is -0.505. The molecule has 0 saturated carbocycles. The molecule has 1 rings (SSSR count). The fourth-order valence-corrected chi connectivity index (χ4v) is 0.422. The van der Waals surface area contributed by atoms with Crippen LogP contribution in [0.3, 0.4) is 0 Å². The molecule has 0 radical (unpaired) electrons. The molecule has 9 heavy (non-hydrogen) atoms. The predicted molar refractivity (Wildman–Crippen MR) is 33.8 cm³/mol. The third-order valence-corrected chi connectivity index (χ3v) is 0.801. The van der Waals surface area contributed by atoms with Crippen LogP contribution in [0.5, 0.6) is 0 Å². The number of nitrogens with two attached hydrogens (primary N) is 1. The van der Waals surface area contributed by atoms with Gasteiger partial charge in [0.05, 0.1) is 6.20 Å². The zero-order valence-electron chi connectivity index (χ0n) is 5.00. The molecule has 0 unspecified atom stereocenters. The van der Waals surface area contributed by atoms with Gasteiger partial charge in [-0.3, -0.25) is 0 Å². The summed E-state index contributed by atoms with van der Waals surface area (Å²) in [4.78, 5) is 3.78. The van der Waals surface area contributed by atoms with E-state index in [-0.39, 0.29) is 0 Å². The lowest BCUT2D eigenvalue weighted by Gasteiger charge is -1.94. The minimum atomic E-state index is 0.370. The fraction of sp³-hybridized carbons (Fsp3) is 0.250. The highest BCUT2D eigenvalue weighted by atomic mass is 15.2. The van der Waals surface area contributed by atoms with Crippen LogP contribution < -0.4 is 11.1 Å². The van der Waals surface area contributed by atoms with Crippen molar-refractivity contribution in [1.29, 1.82) is 0 Å². The minimum Gasteiger partial charge on any atom is -0.382 e. The number of aromatic nitrogens is 3. The zero-order valence-corrected chi connectivity index (χ0v) is 5.00. The Morgan fingerprint density at radius 2 is 2.44 bits per heavy atom. The second kappa shape index (κ2) is 2.25. The lowest BCUT2D eigenvalue weighted by atomic mass is 10.7. The molecule has 1 heterocycles. The highest BCUT2D eigenvalue weighted by molar-refractivity contribution is 5.31. The summed E-state index contributed by atoms with van der Waals surface area (Å²) in [7, 11) is 1.70. The topological polar surface area (TPSA) is 76.7 Å². The largest absolute Gasteiger partial charge is 0.382 e. The molecule has 0 atom stereocenters. The third kappa shape index (κ3) is 1.25. The lowest BCUT2D eigenvalue weighted by molar-refractivity contribution is 0.979. The van der Waals surface area contributed by atoms with E-state index < -0.39 is 0 Å². The van der Waals surface area contributed by atoms with Gasteiger partial charge in [0.15, 0.2) is 0 Å². The maximum absolute atomic E-state index is 5.28. The Kier molecular flexibility index (Phi) is 1.44. The van der Waals surface area contributed by atoms with Crippen LogP contribution in [0, 0.1) is 0 Å². The second-order valence-electron chi connectivity index (χ2n) is 1.45. The summed E-state index contributed by atoms with van der Waals surface area (Å²) in [6.07, 6.45) is 1.39. The molecule has 0 aromatic carbocycles. The van der Waals surface area contributed by atoms with E-state index in [4.69, 9.17) is 5.73 Å². The number of hydrogen-bond acceptors (Lipinski definition) is 5. The highest BCUT2D eigenvalue weighted by Crippen LogP contribution is 1.95. The van der Waals surface area contributed by atoms with Crippen LogP contribution in [-0.4, -0.2) is 22.2 Å². The van der Waals surface area contributed by atoms with E-state index in [1.54, 1.807) is 7.05 Å². The van der Waals surface area contributed by atoms with Gasteiger partial charge in [0, 0.05) is 7.05 Å². The number of hydrogen-bond donors (Lipinski definition) is 2. The van der Waals surface area contributed by atoms with Crippen molar-refractivity contribution in [3.63, 3.8) is 0 Å². The molecule has 0 aliphatic rings. The van der Waals surface area contributed by atoms with Crippen molar-refractivity contribution in [1.82, 2.24) is 15.2 Å². The Morgan fingerprint density at radius 1 is 1.67 bits per heavy atom. The molecule has 0 fully saturated rings. The quantitative estimate of drug-likeness (QED) is 0.529. The van der Waals surface area contributed by atoms with Crippen molar-refractivity contribution >= 4 is 11.8 Å². The smallest absolute Gasteiger partial charge is 0.244 e. The van der Waals surface area contributed by atoms with Crippen molar-refractivity contribution in [3.05, 3.63) is 6.20 Å². The normalized spacial score (nSPS) is 9.00. The van der Waals surface area contributed by atoms with Crippen molar-refractivity contribution in [2.45, 2.75) is 0 Å². The van der Waals surface area contributed by atoms with Gasteiger partial charge in [-0.25, -0.2) is 0 Å². The first kappa shape index (κ1) is 5.74. The summed E-state index contributed by atoms with van der Waals surface area (Å²) in [5, 5.41) is 9.86. The van der Waals surface area contributed by atoms with Gasteiger partial charge in [0.25, 0.3) is 0 Å². The minimum absolute atomic E-state index is 0.370.